The van der Waals surface area contributed by atoms with E-state index in [-0.39, 0.29) is 23.0 Å². The van der Waals surface area contributed by atoms with Gasteiger partial charge in [0.25, 0.3) is 0 Å². The average Bonchev–Trinajstić information content (AvgIpc) is 2.93. The normalized spacial score (nSPS) is 34.6. The van der Waals surface area contributed by atoms with Gasteiger partial charge in [0.1, 0.15) is 60.3 Å². The molecule has 2 aliphatic rings. The van der Waals surface area contributed by atoms with Crippen molar-refractivity contribution in [2.75, 3.05) is 13.2 Å². The second kappa shape index (κ2) is 12.7. The van der Waals surface area contributed by atoms with Crippen molar-refractivity contribution in [3.8, 4) is 23.0 Å². The lowest BCUT2D eigenvalue weighted by Crippen LogP contribution is -2.60. The smallest absolute Gasteiger partial charge is 0.229 e. The van der Waals surface area contributed by atoms with Crippen LogP contribution in [0.1, 0.15) is 11.1 Å². The first-order valence-corrected chi connectivity index (χ1v) is 12.3. The number of hydrogen-bond donors (Lipinski definition) is 10. The van der Waals surface area contributed by atoms with E-state index in [2.05, 4.69) is 0 Å². The molecule has 0 aromatic heterocycles. The molecule has 2 heterocycles. The summed E-state index contributed by atoms with van der Waals surface area (Å²) in [6, 6.07) is 8.34. The lowest BCUT2D eigenvalue weighted by Gasteiger charge is -2.39. The number of rotatable bonds is 8. The largest absolute Gasteiger partial charge is 0.508 e. The summed E-state index contributed by atoms with van der Waals surface area (Å²) in [5, 5.41) is 99.1. The highest BCUT2D eigenvalue weighted by Crippen LogP contribution is 2.32. The third-order valence-electron chi connectivity index (χ3n) is 6.56. The van der Waals surface area contributed by atoms with Gasteiger partial charge in [-0.3, -0.25) is 0 Å². The molecule has 10 N–H and O–H groups in total. The Kier molecular flexibility index (Phi) is 9.48. The first-order valence-electron chi connectivity index (χ1n) is 12.3. The van der Waals surface area contributed by atoms with Crippen LogP contribution in [0.25, 0.3) is 12.2 Å². The fourth-order valence-corrected chi connectivity index (χ4v) is 4.29. The van der Waals surface area contributed by atoms with Crippen LogP contribution >= 0.6 is 0 Å². The van der Waals surface area contributed by atoms with E-state index in [1.165, 1.54) is 30.3 Å². The zero-order chi connectivity index (χ0) is 29.1. The van der Waals surface area contributed by atoms with Crippen LogP contribution in [-0.4, -0.2) is 126 Å². The van der Waals surface area contributed by atoms with E-state index in [0.717, 1.165) is 0 Å². The summed E-state index contributed by atoms with van der Waals surface area (Å²) < 4.78 is 21.6. The number of ether oxygens (including phenoxy) is 4. The van der Waals surface area contributed by atoms with Gasteiger partial charge in [-0.1, -0.05) is 18.2 Å². The van der Waals surface area contributed by atoms with Gasteiger partial charge in [0.2, 0.25) is 12.6 Å². The molecule has 2 fully saturated rings. The minimum Gasteiger partial charge on any atom is -0.508 e. The molecule has 0 radical (unpaired) electrons. The Morgan fingerprint density at radius 1 is 0.625 bits per heavy atom. The van der Waals surface area contributed by atoms with Crippen molar-refractivity contribution < 1.29 is 70.0 Å². The zero-order valence-electron chi connectivity index (χ0n) is 20.9. The van der Waals surface area contributed by atoms with Crippen LogP contribution in [0, 0.1) is 0 Å². The Morgan fingerprint density at radius 3 is 1.73 bits per heavy atom. The van der Waals surface area contributed by atoms with Crippen LogP contribution in [0.3, 0.4) is 0 Å². The SMILES string of the molecule is OCC1OC(Oc2cc(O)cc(C=Cc3ccc(OC4OC(CO)C(O)C(O)C4O)c(O)c3)c2)C(O)C(O)C1O. The average molecular weight is 569 g/mol. The van der Waals surface area contributed by atoms with E-state index in [4.69, 9.17) is 18.9 Å². The number of hydrogen-bond acceptors (Lipinski definition) is 14. The van der Waals surface area contributed by atoms with Crippen molar-refractivity contribution in [1.82, 2.24) is 0 Å². The van der Waals surface area contributed by atoms with E-state index in [9.17, 15) is 51.1 Å². The Balaban J connectivity index is 1.44. The van der Waals surface area contributed by atoms with Crippen LogP contribution in [0.5, 0.6) is 23.0 Å². The number of aliphatic hydroxyl groups excluding tert-OH is 8. The summed E-state index contributed by atoms with van der Waals surface area (Å²) in [5.41, 5.74) is 0.916. The molecule has 14 heteroatoms. The van der Waals surface area contributed by atoms with Gasteiger partial charge in [-0.25, -0.2) is 0 Å². The first-order chi connectivity index (χ1) is 19.0. The quantitative estimate of drug-likeness (QED) is 0.150. The molecule has 0 bridgehead atoms. The van der Waals surface area contributed by atoms with Crippen LogP contribution < -0.4 is 9.47 Å². The maximum absolute atomic E-state index is 10.4. The molecular formula is C26H32O14. The van der Waals surface area contributed by atoms with Crippen molar-refractivity contribution in [3.63, 3.8) is 0 Å². The van der Waals surface area contributed by atoms with Crippen LogP contribution in [-0.2, 0) is 9.47 Å². The number of phenols is 2. The molecule has 40 heavy (non-hydrogen) atoms. The highest BCUT2D eigenvalue weighted by molar-refractivity contribution is 5.72. The molecule has 0 aliphatic carbocycles. The van der Waals surface area contributed by atoms with Gasteiger partial charge in [0.05, 0.1) is 13.2 Å². The zero-order valence-corrected chi connectivity index (χ0v) is 20.9. The predicted octanol–water partition coefficient (Wildman–Crippen LogP) is -2.37. The van der Waals surface area contributed by atoms with Gasteiger partial charge in [0, 0.05) is 6.07 Å². The molecule has 0 spiro atoms. The third-order valence-corrected chi connectivity index (χ3v) is 6.56. The highest BCUT2D eigenvalue weighted by Gasteiger charge is 2.46. The summed E-state index contributed by atoms with van der Waals surface area (Å²) >= 11 is 0. The molecule has 2 aliphatic heterocycles. The van der Waals surface area contributed by atoms with Crippen LogP contribution in [0.4, 0.5) is 0 Å². The summed E-state index contributed by atoms with van der Waals surface area (Å²) in [7, 11) is 0. The maximum atomic E-state index is 10.4. The molecule has 2 aromatic rings. The van der Waals surface area contributed by atoms with Crippen LogP contribution in [0.2, 0.25) is 0 Å². The maximum Gasteiger partial charge on any atom is 0.229 e. The highest BCUT2D eigenvalue weighted by atomic mass is 16.7. The van der Waals surface area contributed by atoms with E-state index in [1.54, 1.807) is 18.2 Å². The van der Waals surface area contributed by atoms with E-state index in [0.29, 0.717) is 11.1 Å². The second-order valence-electron chi connectivity index (χ2n) is 9.45. The molecular weight excluding hydrogens is 536 g/mol. The van der Waals surface area contributed by atoms with Gasteiger partial charge < -0.3 is 70.0 Å². The van der Waals surface area contributed by atoms with E-state index >= 15 is 0 Å². The number of aromatic hydroxyl groups is 2. The molecule has 2 saturated heterocycles. The van der Waals surface area contributed by atoms with Crippen molar-refractivity contribution in [3.05, 3.63) is 47.5 Å². The minimum atomic E-state index is -1.65. The second-order valence-corrected chi connectivity index (χ2v) is 9.45. The molecule has 4 rings (SSSR count). The topological polar surface area (TPSA) is 239 Å². The fourth-order valence-electron chi connectivity index (χ4n) is 4.29. The predicted molar refractivity (Wildman–Crippen MR) is 134 cm³/mol. The van der Waals surface area contributed by atoms with Gasteiger partial charge in [-0.2, -0.15) is 0 Å². The Bertz CT molecular complexity index is 1170. The van der Waals surface area contributed by atoms with Crippen molar-refractivity contribution in [2.45, 2.75) is 61.4 Å². The molecule has 0 amide bonds. The van der Waals surface area contributed by atoms with Crippen molar-refractivity contribution in [2.24, 2.45) is 0 Å². The Hall–Kier alpha value is -3.02. The van der Waals surface area contributed by atoms with Crippen LogP contribution in [0.15, 0.2) is 36.4 Å². The van der Waals surface area contributed by atoms with Gasteiger partial charge in [-0.15, -0.1) is 0 Å². The van der Waals surface area contributed by atoms with E-state index < -0.39 is 74.6 Å². The van der Waals surface area contributed by atoms with Crippen molar-refractivity contribution in [1.29, 1.82) is 0 Å². The number of aliphatic hydroxyl groups is 8. The molecule has 2 aromatic carbocycles. The Morgan fingerprint density at radius 2 is 1.18 bits per heavy atom. The summed E-state index contributed by atoms with van der Waals surface area (Å²) in [5.74, 6) is -0.598. The molecule has 0 saturated carbocycles. The summed E-state index contributed by atoms with van der Waals surface area (Å²) in [4.78, 5) is 0. The number of phenolic OH excluding ortho intramolecular Hbond substituents is 2. The first kappa shape index (κ1) is 30.0. The summed E-state index contributed by atoms with van der Waals surface area (Å²) in [6.07, 6.45) is -11.8. The molecule has 10 unspecified atom stereocenters. The standard InChI is InChI=1S/C26H32O14/c27-9-17-19(31)21(33)23(35)25(39-17)37-14-6-12(5-13(29)8-14)2-1-11-3-4-16(15(30)7-11)38-26-24(36)22(34)20(32)18(10-28)40-26/h1-8,17-36H,9-10H2. The minimum absolute atomic E-state index is 0.0510. The lowest BCUT2D eigenvalue weighted by molar-refractivity contribution is -0.277. The molecule has 220 valence electrons. The van der Waals surface area contributed by atoms with E-state index in [1.807, 2.05) is 0 Å². The van der Waals surface area contributed by atoms with Gasteiger partial charge >= 0.3 is 0 Å². The number of benzene rings is 2. The van der Waals surface area contributed by atoms with Gasteiger partial charge in [0.15, 0.2) is 11.5 Å². The third kappa shape index (κ3) is 6.47. The monoisotopic (exact) mass is 568 g/mol. The van der Waals surface area contributed by atoms with Gasteiger partial charge in [-0.05, 0) is 35.4 Å². The molecule has 10 atom stereocenters. The molecule has 14 nitrogen and oxygen atoms in total. The fraction of sp³-hybridized carbons (Fsp3) is 0.462. The lowest BCUT2D eigenvalue weighted by atomic mass is 9.99. The van der Waals surface area contributed by atoms with Crippen molar-refractivity contribution >= 4 is 12.2 Å². The summed E-state index contributed by atoms with van der Waals surface area (Å²) in [6.45, 7) is -1.26. The Labute approximate surface area is 227 Å².